The first-order chi connectivity index (χ1) is 14.9. The first-order valence-corrected chi connectivity index (χ1v) is 10.0. The number of aromatic nitrogens is 2. The zero-order valence-corrected chi connectivity index (χ0v) is 16.9. The predicted molar refractivity (Wildman–Crippen MR) is 117 cm³/mol. The average Bonchev–Trinajstić information content (AvgIpc) is 3.39. The number of aromatic carboxylic acids is 1. The van der Waals surface area contributed by atoms with E-state index in [4.69, 9.17) is 9.84 Å². The Balaban J connectivity index is 1.67. The Labute approximate surface area is 179 Å². The number of benzene rings is 2. The largest absolute Gasteiger partial charge is 0.478 e. The van der Waals surface area contributed by atoms with Crippen molar-refractivity contribution in [2.75, 3.05) is 0 Å². The standard InChI is InChI=1S/C23H16N2O5S/c1-14-19(21(26)25(24-14)17-9-7-16(8-10-17)22(27)28)13-15-4-2-5-18(12-15)30-23(29)20-6-3-11-31-20/h2-13,24H,1H2,(H,27,28)/b19-13-. The normalized spacial score (nSPS) is 11.4. The lowest BCUT2D eigenvalue weighted by Crippen LogP contribution is -2.33. The van der Waals surface area contributed by atoms with Crippen LogP contribution in [-0.2, 0) is 0 Å². The number of rotatable bonds is 5. The Morgan fingerprint density at radius 1 is 1.10 bits per heavy atom. The van der Waals surface area contributed by atoms with Gasteiger partial charge in [0.05, 0.1) is 21.8 Å². The van der Waals surface area contributed by atoms with Crippen LogP contribution in [0.4, 0.5) is 0 Å². The van der Waals surface area contributed by atoms with E-state index in [1.165, 1.54) is 40.3 Å². The summed E-state index contributed by atoms with van der Waals surface area (Å²) in [5.41, 5.74) is 0.928. The Morgan fingerprint density at radius 2 is 1.87 bits per heavy atom. The molecule has 2 heterocycles. The highest BCUT2D eigenvalue weighted by atomic mass is 32.1. The second kappa shape index (κ2) is 8.29. The Hall–Kier alpha value is -4.17. The van der Waals surface area contributed by atoms with Crippen LogP contribution in [0.2, 0.25) is 0 Å². The summed E-state index contributed by atoms with van der Waals surface area (Å²) in [6, 6.07) is 16.2. The van der Waals surface area contributed by atoms with E-state index in [1.54, 1.807) is 47.9 Å². The van der Waals surface area contributed by atoms with E-state index in [9.17, 15) is 14.4 Å². The number of carbonyl (C=O) groups excluding carboxylic acids is 1. The van der Waals surface area contributed by atoms with Crippen LogP contribution >= 0.6 is 11.3 Å². The van der Waals surface area contributed by atoms with Crippen LogP contribution < -0.4 is 20.9 Å². The van der Waals surface area contributed by atoms with Crippen molar-refractivity contribution in [1.82, 2.24) is 9.78 Å². The molecular weight excluding hydrogens is 416 g/mol. The molecule has 2 aromatic heterocycles. The van der Waals surface area contributed by atoms with Gasteiger partial charge in [0.1, 0.15) is 10.6 Å². The molecule has 2 N–H and O–H groups in total. The van der Waals surface area contributed by atoms with Crippen LogP contribution in [0.5, 0.6) is 5.75 Å². The van der Waals surface area contributed by atoms with Crippen LogP contribution in [0.25, 0.3) is 18.3 Å². The zero-order chi connectivity index (χ0) is 22.0. The molecule has 4 rings (SSSR count). The summed E-state index contributed by atoms with van der Waals surface area (Å²) in [4.78, 5) is 36.6. The number of hydrogen-bond donors (Lipinski definition) is 2. The number of nitrogens with one attached hydrogen (secondary N) is 1. The molecule has 0 amide bonds. The minimum Gasteiger partial charge on any atom is -0.478 e. The number of ether oxygens (including phenoxy) is 1. The number of thiophene rings is 1. The second-order valence-corrected chi connectivity index (χ2v) is 7.53. The third-order valence-corrected chi connectivity index (χ3v) is 5.33. The van der Waals surface area contributed by atoms with E-state index in [1.807, 2.05) is 0 Å². The van der Waals surface area contributed by atoms with Crippen LogP contribution in [0.15, 0.2) is 70.8 Å². The number of nitrogens with zero attached hydrogens (tertiary/aromatic N) is 1. The molecule has 7 nitrogen and oxygen atoms in total. The maximum atomic E-state index is 12.9. The number of hydrogen-bond acceptors (Lipinski definition) is 5. The molecule has 0 aliphatic heterocycles. The fourth-order valence-corrected chi connectivity index (χ4v) is 3.56. The monoisotopic (exact) mass is 432 g/mol. The summed E-state index contributed by atoms with van der Waals surface area (Å²) in [6.45, 7) is 3.89. The summed E-state index contributed by atoms with van der Waals surface area (Å²) >= 11 is 1.29. The van der Waals surface area contributed by atoms with E-state index in [0.717, 1.165) is 0 Å². The molecule has 0 unspecified atom stereocenters. The molecule has 0 fully saturated rings. The van der Waals surface area contributed by atoms with Crippen molar-refractivity contribution < 1.29 is 19.4 Å². The van der Waals surface area contributed by atoms with Gasteiger partial charge in [0.2, 0.25) is 0 Å². The zero-order valence-electron chi connectivity index (χ0n) is 16.1. The maximum absolute atomic E-state index is 12.9. The van der Waals surface area contributed by atoms with Gasteiger partial charge in [0.25, 0.3) is 5.56 Å². The lowest BCUT2D eigenvalue weighted by molar-refractivity contribution is 0.0694. The van der Waals surface area contributed by atoms with Gasteiger partial charge in [-0.2, -0.15) is 0 Å². The van der Waals surface area contributed by atoms with Crippen LogP contribution in [-0.4, -0.2) is 26.8 Å². The van der Waals surface area contributed by atoms with Gasteiger partial charge >= 0.3 is 11.9 Å². The minimum absolute atomic E-state index is 0.124. The summed E-state index contributed by atoms with van der Waals surface area (Å²) < 4.78 is 6.69. The highest BCUT2D eigenvalue weighted by Crippen LogP contribution is 2.17. The topological polar surface area (TPSA) is 101 Å². The number of carboxylic acids is 1. The summed E-state index contributed by atoms with van der Waals surface area (Å²) in [6.07, 6.45) is 1.64. The quantitative estimate of drug-likeness (QED) is 0.373. The van der Waals surface area contributed by atoms with Gasteiger partial charge in [0.15, 0.2) is 0 Å². The van der Waals surface area contributed by atoms with Gasteiger partial charge in [-0.25, -0.2) is 14.3 Å². The van der Waals surface area contributed by atoms with Crippen molar-refractivity contribution in [3.63, 3.8) is 0 Å². The minimum atomic E-state index is -1.04. The van der Waals surface area contributed by atoms with Crippen molar-refractivity contribution in [3.8, 4) is 11.4 Å². The summed E-state index contributed by atoms with van der Waals surface area (Å²) in [5.74, 6) is -1.13. The molecule has 2 aromatic carbocycles. The van der Waals surface area contributed by atoms with Crippen molar-refractivity contribution >= 4 is 35.9 Å². The van der Waals surface area contributed by atoms with Crippen molar-refractivity contribution in [2.24, 2.45) is 0 Å². The van der Waals surface area contributed by atoms with E-state index in [0.29, 0.717) is 32.4 Å². The van der Waals surface area contributed by atoms with Gasteiger partial charge in [-0.05, 0) is 59.5 Å². The van der Waals surface area contributed by atoms with E-state index in [2.05, 4.69) is 11.7 Å². The SMILES string of the molecule is C=c1[nH]n(-c2ccc(C(=O)O)cc2)c(=O)/c1=C\c1cccc(OC(=O)c2cccs2)c1. The fourth-order valence-electron chi connectivity index (χ4n) is 2.97. The average molecular weight is 432 g/mol. The van der Waals surface area contributed by atoms with Gasteiger partial charge in [0, 0.05) is 0 Å². The molecule has 31 heavy (non-hydrogen) atoms. The van der Waals surface area contributed by atoms with E-state index < -0.39 is 11.9 Å². The highest BCUT2D eigenvalue weighted by Gasteiger charge is 2.10. The molecule has 0 aliphatic carbocycles. The van der Waals surface area contributed by atoms with E-state index in [-0.39, 0.29) is 11.1 Å². The smallest absolute Gasteiger partial charge is 0.353 e. The number of aromatic amines is 1. The molecule has 0 aliphatic rings. The maximum Gasteiger partial charge on any atom is 0.353 e. The van der Waals surface area contributed by atoms with E-state index >= 15 is 0 Å². The lowest BCUT2D eigenvalue weighted by atomic mass is 10.2. The number of H-pyrrole nitrogens is 1. The molecule has 0 saturated carbocycles. The Morgan fingerprint density at radius 3 is 2.55 bits per heavy atom. The predicted octanol–water partition coefficient (Wildman–Crippen LogP) is 2.38. The van der Waals surface area contributed by atoms with Crippen LogP contribution in [0.1, 0.15) is 25.6 Å². The summed E-state index contributed by atoms with van der Waals surface area (Å²) in [7, 11) is 0. The number of carboxylic acid groups (broad SMARTS) is 1. The molecule has 0 saturated heterocycles. The van der Waals surface area contributed by atoms with Crippen molar-refractivity contribution in [2.45, 2.75) is 0 Å². The first kappa shape index (κ1) is 20.1. The number of esters is 1. The van der Waals surface area contributed by atoms with Gasteiger partial charge in [-0.3, -0.25) is 9.89 Å². The number of carbonyl (C=O) groups is 2. The fraction of sp³-hybridized carbons (Fsp3) is 0. The van der Waals surface area contributed by atoms with Gasteiger partial charge in [-0.15, -0.1) is 11.3 Å². The lowest BCUT2D eigenvalue weighted by Gasteiger charge is -2.03. The molecule has 8 heteroatoms. The van der Waals surface area contributed by atoms with Crippen LogP contribution in [0.3, 0.4) is 0 Å². The Bertz CT molecular complexity index is 1430. The first-order valence-electron chi connectivity index (χ1n) is 9.13. The molecular formula is C23H16N2O5S. The molecule has 154 valence electrons. The molecule has 4 aromatic rings. The third-order valence-electron chi connectivity index (χ3n) is 4.48. The second-order valence-electron chi connectivity index (χ2n) is 6.58. The molecule has 0 atom stereocenters. The third kappa shape index (κ3) is 4.24. The molecule has 0 spiro atoms. The van der Waals surface area contributed by atoms with Crippen LogP contribution in [0, 0.1) is 0 Å². The van der Waals surface area contributed by atoms with Gasteiger partial charge < -0.3 is 9.84 Å². The van der Waals surface area contributed by atoms with Crippen molar-refractivity contribution in [3.05, 3.63) is 103 Å². The molecule has 0 radical (unpaired) electrons. The highest BCUT2D eigenvalue weighted by molar-refractivity contribution is 7.12. The van der Waals surface area contributed by atoms with Gasteiger partial charge in [-0.1, -0.05) is 24.8 Å². The Kier molecular flexibility index (Phi) is 5.38. The molecule has 0 bridgehead atoms. The van der Waals surface area contributed by atoms with Crippen molar-refractivity contribution in [1.29, 1.82) is 0 Å². The summed E-state index contributed by atoms with van der Waals surface area (Å²) in [5, 5.41) is 14.4.